The standard InChI is InChI=1S/C14H21NO8/c1-20-10(16)6-9(13(18)21-2)11(14(19)22-3)15-12(17)8-4-5-23-7-8/h8-9,11H,4-7H2,1-3H3,(H,15,17)/t8-,9-,11-/m1/s1. The lowest BCUT2D eigenvalue weighted by Crippen LogP contribution is -2.51. The Balaban J connectivity index is 2.93. The molecule has 1 saturated heterocycles. The Bertz CT molecular complexity index is 458. The highest BCUT2D eigenvalue weighted by Crippen LogP contribution is 2.17. The van der Waals surface area contributed by atoms with Crippen LogP contribution in [0.5, 0.6) is 0 Å². The summed E-state index contributed by atoms with van der Waals surface area (Å²) in [7, 11) is 3.39. The van der Waals surface area contributed by atoms with Gasteiger partial charge in [0.25, 0.3) is 0 Å². The predicted molar refractivity (Wildman–Crippen MR) is 75.0 cm³/mol. The van der Waals surface area contributed by atoms with Gasteiger partial charge in [-0.3, -0.25) is 14.4 Å². The molecule has 0 aromatic heterocycles. The van der Waals surface area contributed by atoms with Crippen LogP contribution in [-0.4, -0.2) is 64.4 Å². The van der Waals surface area contributed by atoms with Gasteiger partial charge in [0.05, 0.1) is 46.2 Å². The maximum Gasteiger partial charge on any atom is 0.329 e. The summed E-state index contributed by atoms with van der Waals surface area (Å²) in [4.78, 5) is 47.5. The van der Waals surface area contributed by atoms with Gasteiger partial charge < -0.3 is 24.3 Å². The van der Waals surface area contributed by atoms with E-state index in [0.29, 0.717) is 13.0 Å². The van der Waals surface area contributed by atoms with Crippen LogP contribution in [-0.2, 0) is 38.1 Å². The van der Waals surface area contributed by atoms with Crippen molar-refractivity contribution >= 4 is 23.8 Å². The zero-order valence-corrected chi connectivity index (χ0v) is 13.3. The molecule has 1 rings (SSSR count). The molecule has 0 aromatic carbocycles. The van der Waals surface area contributed by atoms with Gasteiger partial charge in [-0.25, -0.2) is 4.79 Å². The Morgan fingerprint density at radius 1 is 1.09 bits per heavy atom. The van der Waals surface area contributed by atoms with Gasteiger partial charge in [0, 0.05) is 6.61 Å². The first-order valence-corrected chi connectivity index (χ1v) is 7.05. The largest absolute Gasteiger partial charge is 0.469 e. The van der Waals surface area contributed by atoms with Crippen LogP contribution in [0, 0.1) is 11.8 Å². The summed E-state index contributed by atoms with van der Waals surface area (Å²) < 4.78 is 18.9. The fraction of sp³-hybridized carbons (Fsp3) is 0.714. The SMILES string of the molecule is COC(=O)C[C@@H](C(=O)OC)[C@@H](NC(=O)[C@@H]1CCOC1)C(=O)OC. The third-order valence-electron chi connectivity index (χ3n) is 3.57. The number of methoxy groups -OCH3 is 3. The Hall–Kier alpha value is -2.16. The molecule has 0 aromatic rings. The van der Waals surface area contributed by atoms with Crippen molar-refractivity contribution in [1.82, 2.24) is 5.32 Å². The lowest BCUT2D eigenvalue weighted by molar-refractivity contribution is -0.159. The van der Waals surface area contributed by atoms with E-state index in [0.717, 1.165) is 21.3 Å². The number of carbonyl (C=O) groups excluding carboxylic acids is 4. The number of hydrogen-bond donors (Lipinski definition) is 1. The number of hydrogen-bond acceptors (Lipinski definition) is 8. The van der Waals surface area contributed by atoms with Crippen LogP contribution in [0.3, 0.4) is 0 Å². The average molecular weight is 331 g/mol. The number of carbonyl (C=O) groups is 4. The quantitative estimate of drug-likeness (QED) is 0.468. The summed E-state index contributed by atoms with van der Waals surface area (Å²) in [5.41, 5.74) is 0. The first-order chi connectivity index (χ1) is 10.9. The maximum absolute atomic E-state index is 12.2. The molecule has 9 nitrogen and oxygen atoms in total. The van der Waals surface area contributed by atoms with Gasteiger partial charge in [0.1, 0.15) is 6.04 Å². The number of esters is 3. The highest BCUT2D eigenvalue weighted by atomic mass is 16.5. The summed E-state index contributed by atoms with van der Waals surface area (Å²) in [6.45, 7) is 0.684. The second-order valence-corrected chi connectivity index (χ2v) is 4.98. The molecular weight excluding hydrogens is 310 g/mol. The van der Waals surface area contributed by atoms with Crippen molar-refractivity contribution in [2.75, 3.05) is 34.5 Å². The van der Waals surface area contributed by atoms with Crippen molar-refractivity contribution < 1.29 is 38.1 Å². The topological polar surface area (TPSA) is 117 Å². The van der Waals surface area contributed by atoms with Crippen molar-refractivity contribution in [3.63, 3.8) is 0 Å². The highest BCUT2D eigenvalue weighted by Gasteiger charge is 2.40. The van der Waals surface area contributed by atoms with Crippen LogP contribution < -0.4 is 5.32 Å². The van der Waals surface area contributed by atoms with Gasteiger partial charge in [0.2, 0.25) is 5.91 Å². The first kappa shape index (κ1) is 18.9. The smallest absolute Gasteiger partial charge is 0.329 e. The fourth-order valence-corrected chi connectivity index (χ4v) is 2.21. The third-order valence-corrected chi connectivity index (χ3v) is 3.57. The summed E-state index contributed by atoms with van der Waals surface area (Å²) in [6, 6.07) is -1.35. The molecule has 9 heteroatoms. The van der Waals surface area contributed by atoms with E-state index in [4.69, 9.17) is 4.74 Å². The molecule has 1 aliphatic heterocycles. The van der Waals surface area contributed by atoms with Gasteiger partial charge in [-0.15, -0.1) is 0 Å². The molecular formula is C14H21NO8. The van der Waals surface area contributed by atoms with E-state index in [2.05, 4.69) is 19.5 Å². The maximum atomic E-state index is 12.2. The van der Waals surface area contributed by atoms with E-state index < -0.39 is 48.1 Å². The van der Waals surface area contributed by atoms with Gasteiger partial charge in [-0.2, -0.15) is 0 Å². The Morgan fingerprint density at radius 3 is 2.22 bits per heavy atom. The molecule has 1 fully saturated rings. The summed E-state index contributed by atoms with van der Waals surface area (Å²) in [6.07, 6.45) is 0.0873. The van der Waals surface area contributed by atoms with Crippen LogP contribution in [0.1, 0.15) is 12.8 Å². The predicted octanol–water partition coefficient (Wildman–Crippen LogP) is -0.967. The highest BCUT2D eigenvalue weighted by molar-refractivity contribution is 5.91. The van der Waals surface area contributed by atoms with Crippen molar-refractivity contribution in [3.8, 4) is 0 Å². The van der Waals surface area contributed by atoms with Gasteiger partial charge >= 0.3 is 17.9 Å². The van der Waals surface area contributed by atoms with E-state index in [-0.39, 0.29) is 6.61 Å². The number of amides is 1. The van der Waals surface area contributed by atoms with Gasteiger partial charge in [-0.1, -0.05) is 0 Å². The minimum atomic E-state index is -1.35. The summed E-state index contributed by atoms with van der Waals surface area (Å²) in [5, 5.41) is 2.45. The molecule has 0 bridgehead atoms. The van der Waals surface area contributed by atoms with E-state index in [9.17, 15) is 19.2 Å². The van der Waals surface area contributed by atoms with Crippen molar-refractivity contribution in [2.45, 2.75) is 18.9 Å². The first-order valence-electron chi connectivity index (χ1n) is 7.05. The average Bonchev–Trinajstić information content (AvgIpc) is 3.10. The number of nitrogens with one attached hydrogen (secondary N) is 1. The molecule has 0 saturated carbocycles. The van der Waals surface area contributed by atoms with E-state index in [1.165, 1.54) is 0 Å². The molecule has 1 N–H and O–H groups in total. The molecule has 1 heterocycles. The van der Waals surface area contributed by atoms with Crippen LogP contribution in [0.4, 0.5) is 0 Å². The minimum Gasteiger partial charge on any atom is -0.469 e. The van der Waals surface area contributed by atoms with E-state index in [1.807, 2.05) is 0 Å². The van der Waals surface area contributed by atoms with E-state index in [1.54, 1.807) is 0 Å². The lowest BCUT2D eigenvalue weighted by Gasteiger charge is -2.24. The van der Waals surface area contributed by atoms with Crippen LogP contribution in [0.15, 0.2) is 0 Å². The molecule has 0 radical (unpaired) electrons. The van der Waals surface area contributed by atoms with Gasteiger partial charge in [-0.05, 0) is 6.42 Å². The van der Waals surface area contributed by atoms with Crippen molar-refractivity contribution in [1.29, 1.82) is 0 Å². The van der Waals surface area contributed by atoms with E-state index >= 15 is 0 Å². The van der Waals surface area contributed by atoms with Crippen molar-refractivity contribution in [3.05, 3.63) is 0 Å². The summed E-state index contributed by atoms with van der Waals surface area (Å²) >= 11 is 0. The van der Waals surface area contributed by atoms with Crippen molar-refractivity contribution in [2.24, 2.45) is 11.8 Å². The number of rotatable bonds is 7. The zero-order valence-electron chi connectivity index (χ0n) is 13.3. The van der Waals surface area contributed by atoms with Crippen LogP contribution in [0.2, 0.25) is 0 Å². The second kappa shape index (κ2) is 9.09. The molecule has 3 atom stereocenters. The third kappa shape index (κ3) is 5.20. The molecule has 130 valence electrons. The Morgan fingerprint density at radius 2 is 1.74 bits per heavy atom. The molecule has 1 amide bonds. The number of ether oxygens (including phenoxy) is 4. The van der Waals surface area contributed by atoms with Crippen LogP contribution in [0.25, 0.3) is 0 Å². The normalized spacial score (nSPS) is 19.3. The lowest BCUT2D eigenvalue weighted by atomic mass is 9.95. The molecule has 0 unspecified atom stereocenters. The van der Waals surface area contributed by atoms with Gasteiger partial charge in [0.15, 0.2) is 0 Å². The summed E-state index contributed by atoms with van der Waals surface area (Å²) in [5.74, 6) is -4.50. The van der Waals surface area contributed by atoms with Crippen LogP contribution >= 0.6 is 0 Å². The zero-order chi connectivity index (χ0) is 17.4. The Kier molecular flexibility index (Phi) is 7.46. The second-order valence-electron chi connectivity index (χ2n) is 4.98. The molecule has 0 spiro atoms. The minimum absolute atomic E-state index is 0.236. The molecule has 23 heavy (non-hydrogen) atoms. The monoisotopic (exact) mass is 331 g/mol. The fourth-order valence-electron chi connectivity index (χ4n) is 2.21. The Labute approximate surface area is 133 Å². The molecule has 1 aliphatic rings. The molecule has 0 aliphatic carbocycles.